The van der Waals surface area contributed by atoms with Crippen molar-refractivity contribution in [1.29, 1.82) is 0 Å². The predicted molar refractivity (Wildman–Crippen MR) is 50.6 cm³/mol. The molecule has 0 amide bonds. The Bertz CT molecular complexity index is 393. The molecule has 0 aliphatic heterocycles. The Balaban J connectivity index is 2.31. The van der Waals surface area contributed by atoms with Gasteiger partial charge >= 0.3 is 0 Å². The van der Waals surface area contributed by atoms with E-state index < -0.39 is 6.10 Å². The van der Waals surface area contributed by atoms with Gasteiger partial charge in [0.1, 0.15) is 11.9 Å². The molecule has 14 heavy (non-hydrogen) atoms. The first-order valence-corrected chi connectivity index (χ1v) is 4.50. The minimum atomic E-state index is -0.705. The molecule has 0 saturated carbocycles. The Hall–Kier alpha value is -1.62. The number of aromatic nitrogens is 4. The van der Waals surface area contributed by atoms with Crippen molar-refractivity contribution in [3.05, 3.63) is 36.2 Å². The molecule has 2 aromatic heterocycles. The van der Waals surface area contributed by atoms with Crippen LogP contribution in [0, 0.1) is 0 Å². The van der Waals surface area contributed by atoms with Gasteiger partial charge in [0, 0.05) is 30.7 Å². The third kappa shape index (κ3) is 1.42. The molecule has 2 heterocycles. The molecular weight excluding hydrogens is 180 g/mol. The maximum absolute atomic E-state index is 9.94. The maximum Gasteiger partial charge on any atom is 0.142 e. The van der Waals surface area contributed by atoms with Crippen molar-refractivity contribution in [2.45, 2.75) is 19.6 Å². The van der Waals surface area contributed by atoms with Crippen molar-refractivity contribution in [1.82, 2.24) is 19.7 Å². The molecule has 0 saturated heterocycles. The van der Waals surface area contributed by atoms with Gasteiger partial charge in [-0.1, -0.05) is 0 Å². The molecule has 5 nitrogen and oxygen atoms in total. The minimum Gasteiger partial charge on any atom is -0.380 e. The highest BCUT2D eigenvalue weighted by Crippen LogP contribution is 2.18. The van der Waals surface area contributed by atoms with Gasteiger partial charge in [-0.2, -0.15) is 5.10 Å². The molecule has 1 atom stereocenters. The number of hydrogen-bond donors (Lipinski definition) is 2. The van der Waals surface area contributed by atoms with E-state index in [1.54, 1.807) is 18.6 Å². The lowest BCUT2D eigenvalue weighted by Crippen LogP contribution is -2.08. The van der Waals surface area contributed by atoms with Crippen molar-refractivity contribution < 1.29 is 5.11 Å². The van der Waals surface area contributed by atoms with E-state index in [0.29, 0.717) is 5.82 Å². The monoisotopic (exact) mass is 192 g/mol. The van der Waals surface area contributed by atoms with Crippen molar-refractivity contribution >= 4 is 0 Å². The second-order valence-corrected chi connectivity index (χ2v) is 3.01. The largest absolute Gasteiger partial charge is 0.380 e. The van der Waals surface area contributed by atoms with Gasteiger partial charge in [-0.15, -0.1) is 0 Å². The number of aryl methyl sites for hydroxylation is 1. The molecule has 1 unspecified atom stereocenters. The highest BCUT2D eigenvalue weighted by Gasteiger charge is 2.15. The summed E-state index contributed by atoms with van der Waals surface area (Å²) in [6.07, 6.45) is 6.09. The summed E-state index contributed by atoms with van der Waals surface area (Å²) in [5.74, 6) is 0.647. The first-order valence-electron chi connectivity index (χ1n) is 4.50. The highest BCUT2D eigenvalue weighted by atomic mass is 16.3. The number of imidazole rings is 1. The van der Waals surface area contributed by atoms with Gasteiger partial charge in [0.2, 0.25) is 0 Å². The molecular formula is C9H12N4O. The number of nitrogens with zero attached hydrogens (tertiary/aromatic N) is 3. The lowest BCUT2D eigenvalue weighted by Gasteiger charge is -2.09. The lowest BCUT2D eigenvalue weighted by atomic mass is 10.2. The van der Waals surface area contributed by atoms with Crippen LogP contribution in [0.15, 0.2) is 24.8 Å². The SMILES string of the molecule is CCn1ccnc1C(O)c1cn[nH]c1. The molecule has 0 aromatic carbocycles. The van der Waals surface area contributed by atoms with Gasteiger partial charge in [-0.25, -0.2) is 4.98 Å². The quantitative estimate of drug-likeness (QED) is 0.752. The molecule has 0 radical (unpaired) electrons. The first-order chi connectivity index (χ1) is 6.83. The fraction of sp³-hybridized carbons (Fsp3) is 0.333. The first kappa shape index (κ1) is 8.96. The summed E-state index contributed by atoms with van der Waals surface area (Å²) >= 11 is 0. The molecule has 2 rings (SSSR count). The standard InChI is InChI=1S/C9H12N4O/c1-2-13-4-3-10-9(13)8(14)7-5-11-12-6-7/h3-6,8,14H,2H2,1H3,(H,11,12). The van der Waals surface area contributed by atoms with Gasteiger partial charge in [-0.3, -0.25) is 5.10 Å². The third-order valence-electron chi connectivity index (χ3n) is 2.17. The Morgan fingerprint density at radius 1 is 1.64 bits per heavy atom. The van der Waals surface area contributed by atoms with Crippen LogP contribution in [0.3, 0.4) is 0 Å². The van der Waals surface area contributed by atoms with E-state index in [9.17, 15) is 5.11 Å². The lowest BCUT2D eigenvalue weighted by molar-refractivity contribution is 0.205. The van der Waals surface area contributed by atoms with E-state index in [-0.39, 0.29) is 0 Å². The average Bonchev–Trinajstić information content (AvgIpc) is 2.87. The maximum atomic E-state index is 9.94. The topological polar surface area (TPSA) is 66.7 Å². The normalized spacial score (nSPS) is 13.0. The van der Waals surface area contributed by atoms with E-state index in [4.69, 9.17) is 0 Å². The molecule has 74 valence electrons. The molecule has 2 N–H and O–H groups in total. The zero-order valence-corrected chi connectivity index (χ0v) is 7.88. The zero-order chi connectivity index (χ0) is 9.97. The fourth-order valence-corrected chi connectivity index (χ4v) is 1.40. The van der Waals surface area contributed by atoms with E-state index in [0.717, 1.165) is 12.1 Å². The van der Waals surface area contributed by atoms with Crippen molar-refractivity contribution in [3.8, 4) is 0 Å². The summed E-state index contributed by atoms with van der Waals surface area (Å²) in [7, 11) is 0. The highest BCUT2D eigenvalue weighted by molar-refractivity contribution is 5.16. The summed E-state index contributed by atoms with van der Waals surface area (Å²) in [4.78, 5) is 4.11. The second kappa shape index (κ2) is 3.63. The van der Waals surface area contributed by atoms with Crippen LogP contribution in [0.2, 0.25) is 0 Å². The number of rotatable bonds is 3. The van der Waals surface area contributed by atoms with Crippen LogP contribution in [0.5, 0.6) is 0 Å². The Labute approximate surface area is 81.4 Å². The summed E-state index contributed by atoms with van der Waals surface area (Å²) in [6.45, 7) is 2.80. The number of aromatic amines is 1. The Morgan fingerprint density at radius 2 is 2.50 bits per heavy atom. The number of hydrogen-bond acceptors (Lipinski definition) is 3. The summed E-state index contributed by atoms with van der Waals surface area (Å²) in [6, 6.07) is 0. The van der Waals surface area contributed by atoms with Crippen molar-refractivity contribution in [3.63, 3.8) is 0 Å². The summed E-state index contributed by atoms with van der Waals surface area (Å²) < 4.78 is 1.90. The molecule has 0 spiro atoms. The van der Waals surface area contributed by atoms with Gasteiger partial charge in [0.05, 0.1) is 6.20 Å². The van der Waals surface area contributed by atoms with E-state index >= 15 is 0 Å². The molecule has 2 aromatic rings. The zero-order valence-electron chi connectivity index (χ0n) is 7.88. The van der Waals surface area contributed by atoms with Crippen LogP contribution in [-0.4, -0.2) is 24.9 Å². The van der Waals surface area contributed by atoms with Gasteiger partial charge < -0.3 is 9.67 Å². The molecule has 5 heteroatoms. The molecule has 0 aliphatic carbocycles. The Kier molecular flexibility index (Phi) is 2.32. The Morgan fingerprint density at radius 3 is 3.14 bits per heavy atom. The summed E-state index contributed by atoms with van der Waals surface area (Å²) in [5.41, 5.74) is 0.728. The van der Waals surface area contributed by atoms with Crippen LogP contribution >= 0.6 is 0 Å². The number of H-pyrrole nitrogens is 1. The third-order valence-corrected chi connectivity index (χ3v) is 2.17. The summed E-state index contributed by atoms with van der Waals surface area (Å²) in [5, 5.41) is 16.4. The van der Waals surface area contributed by atoms with Crippen LogP contribution in [0.25, 0.3) is 0 Å². The van der Waals surface area contributed by atoms with Crippen LogP contribution in [0.1, 0.15) is 24.4 Å². The van der Waals surface area contributed by atoms with Crippen molar-refractivity contribution in [2.75, 3.05) is 0 Å². The number of aliphatic hydroxyl groups excluding tert-OH is 1. The van der Waals surface area contributed by atoms with Crippen LogP contribution in [-0.2, 0) is 6.54 Å². The minimum absolute atomic E-state index is 0.647. The van der Waals surface area contributed by atoms with E-state index in [2.05, 4.69) is 15.2 Å². The van der Waals surface area contributed by atoms with Crippen LogP contribution in [0.4, 0.5) is 0 Å². The van der Waals surface area contributed by atoms with E-state index in [1.165, 1.54) is 0 Å². The van der Waals surface area contributed by atoms with Crippen molar-refractivity contribution in [2.24, 2.45) is 0 Å². The average molecular weight is 192 g/mol. The fourth-order valence-electron chi connectivity index (χ4n) is 1.40. The molecule has 0 aliphatic rings. The number of nitrogens with one attached hydrogen (secondary N) is 1. The second-order valence-electron chi connectivity index (χ2n) is 3.01. The van der Waals surface area contributed by atoms with Gasteiger partial charge in [0.15, 0.2) is 0 Å². The molecule has 0 bridgehead atoms. The smallest absolute Gasteiger partial charge is 0.142 e. The van der Waals surface area contributed by atoms with E-state index in [1.807, 2.05) is 17.7 Å². The van der Waals surface area contributed by atoms with Crippen LogP contribution < -0.4 is 0 Å². The molecule has 0 fully saturated rings. The van der Waals surface area contributed by atoms with Gasteiger partial charge in [0.25, 0.3) is 0 Å². The predicted octanol–water partition coefficient (Wildman–Crippen LogP) is 0.708. The number of aliphatic hydroxyl groups is 1. The van der Waals surface area contributed by atoms with Gasteiger partial charge in [-0.05, 0) is 6.92 Å².